The summed E-state index contributed by atoms with van der Waals surface area (Å²) >= 11 is 4.28. The first-order valence-electron chi connectivity index (χ1n) is 12.2. The number of amides is 3. The highest BCUT2D eigenvalue weighted by Gasteiger charge is 2.37. The van der Waals surface area contributed by atoms with Crippen LogP contribution in [0.4, 0.5) is 9.18 Å². The van der Waals surface area contributed by atoms with Gasteiger partial charge in [-0.1, -0.05) is 52.3 Å². The zero-order valence-corrected chi connectivity index (χ0v) is 23.4. The maximum absolute atomic E-state index is 13.5. The lowest BCUT2D eigenvalue weighted by Gasteiger charge is -2.29. The Labute approximate surface area is 237 Å². The summed E-state index contributed by atoms with van der Waals surface area (Å²) in [5.74, 6) is -0.312. The van der Waals surface area contributed by atoms with Gasteiger partial charge in [-0.05, 0) is 70.8 Å². The maximum Gasteiger partial charge on any atom is 0.294 e. The number of fused-ring (bicyclic) bond motifs is 1. The van der Waals surface area contributed by atoms with Crippen LogP contribution in [0, 0.1) is 5.82 Å². The Bertz CT molecular complexity index is 1490. The van der Waals surface area contributed by atoms with E-state index in [2.05, 4.69) is 22.0 Å². The molecule has 2 heterocycles. The van der Waals surface area contributed by atoms with Crippen LogP contribution in [0.5, 0.6) is 11.5 Å². The van der Waals surface area contributed by atoms with E-state index in [1.54, 1.807) is 35.2 Å². The molecule has 3 aromatic carbocycles. The van der Waals surface area contributed by atoms with Crippen molar-refractivity contribution in [2.75, 3.05) is 20.2 Å². The van der Waals surface area contributed by atoms with Crippen LogP contribution in [0.25, 0.3) is 6.08 Å². The number of hydrogen-bond donors (Lipinski definition) is 0. The third kappa shape index (κ3) is 6.02. The Balaban J connectivity index is 1.28. The molecule has 2 aliphatic rings. The van der Waals surface area contributed by atoms with Crippen LogP contribution in [-0.2, 0) is 29.2 Å². The number of rotatable bonds is 7. The topological polar surface area (TPSA) is 76.2 Å². The molecule has 200 valence electrons. The number of nitrogens with zero attached hydrogens (tertiary/aromatic N) is 2. The number of benzene rings is 3. The number of thioether (sulfide) groups is 1. The van der Waals surface area contributed by atoms with E-state index in [9.17, 15) is 18.8 Å². The van der Waals surface area contributed by atoms with Crippen molar-refractivity contribution in [3.63, 3.8) is 0 Å². The highest BCUT2D eigenvalue weighted by Crippen LogP contribution is 2.38. The lowest BCUT2D eigenvalue weighted by molar-refractivity contribution is -0.136. The lowest BCUT2D eigenvalue weighted by Crippen LogP contribution is -2.44. The van der Waals surface area contributed by atoms with Gasteiger partial charge in [0.1, 0.15) is 19.0 Å². The van der Waals surface area contributed by atoms with Crippen molar-refractivity contribution in [1.29, 1.82) is 0 Å². The predicted octanol–water partition coefficient (Wildman–Crippen LogP) is 5.80. The average molecular weight is 611 g/mol. The first kappa shape index (κ1) is 27.0. The van der Waals surface area contributed by atoms with Gasteiger partial charge in [0.15, 0.2) is 11.5 Å². The monoisotopic (exact) mass is 610 g/mol. The molecule has 0 bridgehead atoms. The van der Waals surface area contributed by atoms with Crippen molar-refractivity contribution in [3.05, 3.63) is 98.1 Å². The van der Waals surface area contributed by atoms with Crippen LogP contribution in [0.2, 0.25) is 0 Å². The summed E-state index contributed by atoms with van der Waals surface area (Å²) in [5, 5.41) is -0.491. The first-order valence-corrected chi connectivity index (χ1v) is 13.8. The number of methoxy groups -OCH3 is 1. The molecule has 7 nitrogen and oxygen atoms in total. The molecule has 0 atom stereocenters. The minimum Gasteiger partial charge on any atom is -0.493 e. The Morgan fingerprint density at radius 3 is 2.64 bits per heavy atom. The van der Waals surface area contributed by atoms with Gasteiger partial charge in [-0.15, -0.1) is 0 Å². The summed E-state index contributed by atoms with van der Waals surface area (Å²) in [6, 6.07) is 17.4. The summed E-state index contributed by atoms with van der Waals surface area (Å²) in [4.78, 5) is 41.6. The van der Waals surface area contributed by atoms with E-state index < -0.39 is 11.1 Å². The zero-order valence-electron chi connectivity index (χ0n) is 21.0. The minimum absolute atomic E-state index is 0.134. The molecule has 0 aliphatic carbocycles. The lowest BCUT2D eigenvalue weighted by atomic mass is 10.00. The van der Waals surface area contributed by atoms with E-state index in [1.807, 2.05) is 18.2 Å². The quantitative estimate of drug-likeness (QED) is 0.315. The molecule has 1 saturated heterocycles. The molecule has 0 saturated carbocycles. The molecule has 0 unspecified atom stereocenters. The molecule has 39 heavy (non-hydrogen) atoms. The van der Waals surface area contributed by atoms with Crippen LogP contribution < -0.4 is 9.47 Å². The van der Waals surface area contributed by atoms with E-state index in [0.717, 1.165) is 28.6 Å². The van der Waals surface area contributed by atoms with Gasteiger partial charge in [0, 0.05) is 17.6 Å². The average Bonchev–Trinajstić information content (AvgIpc) is 3.20. The van der Waals surface area contributed by atoms with Crippen molar-refractivity contribution in [2.24, 2.45) is 0 Å². The SMILES string of the molecule is COc1cc(/C=C2\SC(=O)N(CC(=O)N3CCc4ccccc4C3)C2=O)c(Br)cc1OCc1cccc(F)c1. The molecule has 0 aromatic heterocycles. The fourth-order valence-electron chi connectivity index (χ4n) is 4.44. The second-order valence-electron chi connectivity index (χ2n) is 9.05. The number of carbonyl (C=O) groups excluding carboxylic acids is 3. The molecule has 3 amide bonds. The third-order valence-corrected chi connectivity index (χ3v) is 8.10. The van der Waals surface area contributed by atoms with E-state index in [1.165, 1.54) is 24.8 Å². The maximum atomic E-state index is 13.5. The number of imide groups is 1. The largest absolute Gasteiger partial charge is 0.493 e. The molecule has 0 radical (unpaired) electrons. The summed E-state index contributed by atoms with van der Waals surface area (Å²) in [5.41, 5.74) is 3.54. The molecule has 0 N–H and O–H groups in total. The van der Waals surface area contributed by atoms with E-state index >= 15 is 0 Å². The Kier molecular flexibility index (Phi) is 8.04. The molecule has 5 rings (SSSR count). The number of ether oxygens (including phenoxy) is 2. The minimum atomic E-state index is -0.520. The predicted molar refractivity (Wildman–Crippen MR) is 150 cm³/mol. The summed E-state index contributed by atoms with van der Waals surface area (Å²) in [7, 11) is 1.49. The van der Waals surface area contributed by atoms with Crippen molar-refractivity contribution in [2.45, 2.75) is 19.6 Å². The second kappa shape index (κ2) is 11.6. The molecule has 1 fully saturated rings. The molecule has 2 aliphatic heterocycles. The van der Waals surface area contributed by atoms with Gasteiger partial charge in [-0.2, -0.15) is 0 Å². The fraction of sp³-hybridized carbons (Fsp3) is 0.207. The van der Waals surface area contributed by atoms with Crippen LogP contribution in [0.15, 0.2) is 70.0 Å². The highest BCUT2D eigenvalue weighted by atomic mass is 79.9. The summed E-state index contributed by atoms with van der Waals surface area (Å²) in [6.45, 7) is 0.834. The van der Waals surface area contributed by atoms with Gasteiger partial charge < -0.3 is 14.4 Å². The Morgan fingerprint density at radius 2 is 1.87 bits per heavy atom. The third-order valence-electron chi connectivity index (χ3n) is 6.50. The van der Waals surface area contributed by atoms with Gasteiger partial charge in [-0.25, -0.2) is 4.39 Å². The van der Waals surface area contributed by atoms with Gasteiger partial charge in [-0.3, -0.25) is 19.3 Å². The normalized spacial score (nSPS) is 16.0. The molecular formula is C29H24BrFN2O5S. The molecule has 3 aromatic rings. The zero-order chi connectivity index (χ0) is 27.5. The molecule has 0 spiro atoms. The van der Waals surface area contributed by atoms with Crippen LogP contribution in [-0.4, -0.2) is 47.1 Å². The standard InChI is InChI=1S/C29H24BrFN2O5S/c1-37-24-12-21(23(30)14-25(24)38-17-18-5-4-8-22(31)11-18)13-26-28(35)33(29(36)39-26)16-27(34)32-10-9-19-6-2-3-7-20(19)15-32/h2-8,11-14H,9-10,15-17H2,1H3/b26-13-. The summed E-state index contributed by atoms with van der Waals surface area (Å²) < 4.78 is 25.4. The summed E-state index contributed by atoms with van der Waals surface area (Å²) in [6.07, 6.45) is 2.32. The Morgan fingerprint density at radius 1 is 1.08 bits per heavy atom. The number of halogens is 2. The number of hydrogen-bond acceptors (Lipinski definition) is 6. The van der Waals surface area contributed by atoms with Gasteiger partial charge in [0.25, 0.3) is 11.1 Å². The smallest absolute Gasteiger partial charge is 0.294 e. The fourth-order valence-corrected chi connectivity index (χ4v) is 5.71. The molecule has 10 heteroatoms. The first-order chi connectivity index (χ1) is 18.8. The Hall–Kier alpha value is -3.63. The van der Waals surface area contributed by atoms with E-state index in [-0.39, 0.29) is 29.8 Å². The van der Waals surface area contributed by atoms with E-state index in [0.29, 0.717) is 40.2 Å². The van der Waals surface area contributed by atoms with Crippen molar-refractivity contribution in [1.82, 2.24) is 9.80 Å². The van der Waals surface area contributed by atoms with Crippen LogP contribution in [0.3, 0.4) is 0 Å². The van der Waals surface area contributed by atoms with Gasteiger partial charge in [0.05, 0.1) is 12.0 Å². The molecular weight excluding hydrogens is 587 g/mol. The highest BCUT2D eigenvalue weighted by molar-refractivity contribution is 9.10. The van der Waals surface area contributed by atoms with Crippen LogP contribution >= 0.6 is 27.7 Å². The van der Waals surface area contributed by atoms with Crippen molar-refractivity contribution < 1.29 is 28.2 Å². The number of carbonyl (C=O) groups is 3. The van der Waals surface area contributed by atoms with Crippen molar-refractivity contribution in [3.8, 4) is 11.5 Å². The van der Waals surface area contributed by atoms with E-state index in [4.69, 9.17) is 9.47 Å². The van der Waals surface area contributed by atoms with Crippen molar-refractivity contribution >= 4 is 50.8 Å². The van der Waals surface area contributed by atoms with Gasteiger partial charge in [0.2, 0.25) is 5.91 Å². The van der Waals surface area contributed by atoms with Gasteiger partial charge >= 0.3 is 0 Å². The van der Waals surface area contributed by atoms with Crippen LogP contribution in [0.1, 0.15) is 22.3 Å². The second-order valence-corrected chi connectivity index (χ2v) is 10.9.